The van der Waals surface area contributed by atoms with E-state index >= 15 is 0 Å². The van der Waals surface area contributed by atoms with Crippen molar-refractivity contribution in [1.82, 2.24) is 15.1 Å². The molecular weight excluding hydrogens is 270 g/mol. The summed E-state index contributed by atoms with van der Waals surface area (Å²) in [5, 5.41) is 12.3. The molecule has 0 unspecified atom stereocenters. The fraction of sp³-hybridized carbons (Fsp3) is 0.867. The van der Waals surface area contributed by atoms with Gasteiger partial charge in [0.25, 0.3) is 0 Å². The van der Waals surface area contributed by atoms with Gasteiger partial charge in [0.2, 0.25) is 0 Å². The van der Waals surface area contributed by atoms with E-state index in [-0.39, 0.29) is 12.1 Å². The molecule has 120 valence electrons. The van der Waals surface area contributed by atoms with Crippen LogP contribution < -0.4 is 5.32 Å². The van der Waals surface area contributed by atoms with Crippen LogP contribution in [0.2, 0.25) is 0 Å². The number of aliphatic carboxylic acids is 1. The van der Waals surface area contributed by atoms with Gasteiger partial charge in [0.05, 0.1) is 0 Å². The fourth-order valence-electron chi connectivity index (χ4n) is 3.39. The molecule has 1 saturated heterocycles. The lowest BCUT2D eigenvalue weighted by Gasteiger charge is -2.39. The number of carbonyl (C=O) groups is 2. The lowest BCUT2D eigenvalue weighted by atomic mass is 9.82. The Labute approximate surface area is 126 Å². The maximum absolute atomic E-state index is 12.4. The van der Waals surface area contributed by atoms with Crippen LogP contribution in [-0.2, 0) is 4.79 Å². The van der Waals surface area contributed by atoms with Gasteiger partial charge in [-0.05, 0) is 45.8 Å². The third-order valence-corrected chi connectivity index (χ3v) is 5.02. The van der Waals surface area contributed by atoms with Crippen LogP contribution in [-0.4, -0.2) is 65.7 Å². The van der Waals surface area contributed by atoms with E-state index in [2.05, 4.69) is 17.3 Å². The molecule has 1 aliphatic heterocycles. The van der Waals surface area contributed by atoms with Crippen LogP contribution in [0, 0.1) is 0 Å². The SMILES string of the molecule is CN1CCC(N(C)C(=O)NC2(C(=O)O)CCCCC2)CC1. The van der Waals surface area contributed by atoms with Crippen molar-refractivity contribution in [3.8, 4) is 0 Å². The highest BCUT2D eigenvalue weighted by Gasteiger charge is 2.42. The van der Waals surface area contributed by atoms with Crippen molar-refractivity contribution >= 4 is 12.0 Å². The van der Waals surface area contributed by atoms with E-state index in [9.17, 15) is 14.7 Å². The molecule has 2 aliphatic rings. The van der Waals surface area contributed by atoms with Crippen LogP contribution >= 0.6 is 0 Å². The predicted octanol–water partition coefficient (Wildman–Crippen LogP) is 1.51. The second-order valence-corrected chi connectivity index (χ2v) is 6.52. The summed E-state index contributed by atoms with van der Waals surface area (Å²) in [7, 11) is 3.86. The Kier molecular flexibility index (Phi) is 5.08. The smallest absolute Gasteiger partial charge is 0.329 e. The van der Waals surface area contributed by atoms with Gasteiger partial charge in [0.1, 0.15) is 5.54 Å². The van der Waals surface area contributed by atoms with E-state index in [1.54, 1.807) is 11.9 Å². The minimum Gasteiger partial charge on any atom is -0.480 e. The minimum absolute atomic E-state index is 0.204. The fourth-order valence-corrected chi connectivity index (χ4v) is 3.39. The molecule has 6 heteroatoms. The molecule has 2 N–H and O–H groups in total. The molecule has 2 fully saturated rings. The van der Waals surface area contributed by atoms with Gasteiger partial charge < -0.3 is 20.2 Å². The Morgan fingerprint density at radius 1 is 1.19 bits per heavy atom. The van der Waals surface area contributed by atoms with Crippen molar-refractivity contribution in [2.45, 2.75) is 56.5 Å². The number of urea groups is 1. The van der Waals surface area contributed by atoms with Crippen LogP contribution in [0.5, 0.6) is 0 Å². The summed E-state index contributed by atoms with van der Waals surface area (Å²) < 4.78 is 0. The molecule has 1 heterocycles. The van der Waals surface area contributed by atoms with Crippen molar-refractivity contribution in [1.29, 1.82) is 0 Å². The molecule has 6 nitrogen and oxygen atoms in total. The first-order valence-electron chi connectivity index (χ1n) is 7.91. The first-order valence-corrected chi connectivity index (χ1v) is 7.91. The molecule has 1 aliphatic carbocycles. The summed E-state index contributed by atoms with van der Waals surface area (Å²) in [5.41, 5.74) is -1.06. The number of hydrogen-bond donors (Lipinski definition) is 2. The summed E-state index contributed by atoms with van der Waals surface area (Å²) in [6.07, 6.45) is 5.75. The van der Waals surface area contributed by atoms with E-state index in [4.69, 9.17) is 0 Å². The summed E-state index contributed by atoms with van der Waals surface area (Å²) in [6.45, 7) is 1.96. The molecule has 0 radical (unpaired) electrons. The van der Waals surface area contributed by atoms with Crippen molar-refractivity contribution in [3.05, 3.63) is 0 Å². The standard InChI is InChI=1S/C15H27N3O3/c1-17-10-6-12(7-11-17)18(2)14(21)16-15(13(19)20)8-4-3-5-9-15/h12H,3-11H2,1-2H3,(H,16,21)(H,19,20). The summed E-state index contributed by atoms with van der Waals surface area (Å²) in [4.78, 5) is 28.0. The highest BCUT2D eigenvalue weighted by molar-refractivity contribution is 5.86. The molecular formula is C15H27N3O3. The number of amides is 2. The number of carboxylic acids is 1. The topological polar surface area (TPSA) is 72.9 Å². The van der Waals surface area contributed by atoms with Gasteiger partial charge in [-0.3, -0.25) is 0 Å². The highest BCUT2D eigenvalue weighted by atomic mass is 16.4. The number of rotatable bonds is 3. The number of carboxylic acid groups (broad SMARTS) is 1. The van der Waals surface area contributed by atoms with Crippen molar-refractivity contribution in [3.63, 3.8) is 0 Å². The Hall–Kier alpha value is -1.30. The molecule has 2 rings (SSSR count). The third kappa shape index (κ3) is 3.67. The van der Waals surface area contributed by atoms with Gasteiger partial charge in [-0.1, -0.05) is 19.3 Å². The van der Waals surface area contributed by atoms with Gasteiger partial charge in [0.15, 0.2) is 0 Å². The zero-order chi connectivity index (χ0) is 15.5. The maximum atomic E-state index is 12.4. The van der Waals surface area contributed by atoms with Crippen LogP contribution in [0.25, 0.3) is 0 Å². The van der Waals surface area contributed by atoms with Crippen molar-refractivity contribution in [2.24, 2.45) is 0 Å². The van der Waals surface area contributed by atoms with Crippen molar-refractivity contribution < 1.29 is 14.7 Å². The first kappa shape index (κ1) is 16.1. The lowest BCUT2D eigenvalue weighted by Crippen LogP contribution is -2.60. The highest BCUT2D eigenvalue weighted by Crippen LogP contribution is 2.29. The van der Waals surface area contributed by atoms with Gasteiger partial charge >= 0.3 is 12.0 Å². The average Bonchev–Trinajstić information content (AvgIpc) is 2.48. The molecule has 0 spiro atoms. The van der Waals surface area contributed by atoms with Crippen LogP contribution in [0.4, 0.5) is 4.79 Å². The largest absolute Gasteiger partial charge is 0.480 e. The van der Waals surface area contributed by atoms with Gasteiger partial charge in [0, 0.05) is 13.1 Å². The Morgan fingerprint density at radius 3 is 2.29 bits per heavy atom. The molecule has 0 atom stereocenters. The van der Waals surface area contributed by atoms with E-state index in [0.717, 1.165) is 45.2 Å². The molecule has 0 bridgehead atoms. The molecule has 0 aromatic rings. The molecule has 0 aromatic carbocycles. The van der Waals surface area contributed by atoms with Gasteiger partial charge in [-0.2, -0.15) is 0 Å². The van der Waals surface area contributed by atoms with Crippen molar-refractivity contribution in [2.75, 3.05) is 27.2 Å². The number of hydrogen-bond acceptors (Lipinski definition) is 3. The zero-order valence-corrected chi connectivity index (χ0v) is 13.1. The molecule has 2 amide bonds. The zero-order valence-electron chi connectivity index (χ0n) is 13.1. The monoisotopic (exact) mass is 297 g/mol. The quantitative estimate of drug-likeness (QED) is 0.828. The van der Waals surface area contributed by atoms with Gasteiger partial charge in [-0.15, -0.1) is 0 Å². The molecule has 21 heavy (non-hydrogen) atoms. The second-order valence-electron chi connectivity index (χ2n) is 6.52. The normalized spacial score (nSPS) is 23.5. The van der Waals surface area contributed by atoms with E-state index < -0.39 is 11.5 Å². The summed E-state index contributed by atoms with van der Waals surface area (Å²) >= 11 is 0. The van der Waals surface area contributed by atoms with Crippen LogP contribution in [0.1, 0.15) is 44.9 Å². The van der Waals surface area contributed by atoms with E-state index in [1.165, 1.54) is 0 Å². The van der Waals surface area contributed by atoms with E-state index in [0.29, 0.717) is 12.8 Å². The Balaban J connectivity index is 1.96. The molecule has 1 saturated carbocycles. The number of nitrogens with zero attached hydrogens (tertiary/aromatic N) is 2. The number of likely N-dealkylation sites (tertiary alicyclic amines) is 1. The maximum Gasteiger partial charge on any atom is 0.329 e. The summed E-state index contributed by atoms with van der Waals surface area (Å²) in [6, 6.07) is -0.0375. The average molecular weight is 297 g/mol. The second kappa shape index (κ2) is 6.64. The number of nitrogens with one attached hydrogen (secondary N) is 1. The minimum atomic E-state index is -1.06. The van der Waals surface area contributed by atoms with E-state index in [1.807, 2.05) is 0 Å². The van der Waals surface area contributed by atoms with Gasteiger partial charge in [-0.25, -0.2) is 9.59 Å². The predicted molar refractivity (Wildman–Crippen MR) is 80.3 cm³/mol. The number of piperidine rings is 1. The third-order valence-electron chi connectivity index (χ3n) is 5.02. The van der Waals surface area contributed by atoms with Crippen LogP contribution in [0.3, 0.4) is 0 Å². The number of carbonyl (C=O) groups excluding carboxylic acids is 1. The molecule has 0 aromatic heterocycles. The lowest BCUT2D eigenvalue weighted by molar-refractivity contribution is -0.146. The summed E-state index contributed by atoms with van der Waals surface area (Å²) in [5.74, 6) is -0.896. The Morgan fingerprint density at radius 2 is 1.76 bits per heavy atom. The Bertz CT molecular complexity index is 386. The first-order chi connectivity index (χ1) is 9.94. The van der Waals surface area contributed by atoms with Crippen LogP contribution in [0.15, 0.2) is 0 Å².